The Hall–Kier alpha value is -0.710. The molecule has 0 heterocycles. The predicted molar refractivity (Wildman–Crippen MR) is 34.3 cm³/mol. The molecule has 0 rings (SSSR count). The second-order valence-electron chi connectivity index (χ2n) is 1.84. The van der Waals surface area contributed by atoms with Crippen molar-refractivity contribution in [2.75, 3.05) is 0 Å². The largest absolute Gasteiger partial charge is 0.387 e. The van der Waals surface area contributed by atoms with E-state index >= 15 is 0 Å². The van der Waals surface area contributed by atoms with Crippen LogP contribution in [0.4, 0.5) is 0 Å². The number of hydrogen-bond acceptors (Lipinski definition) is 4. The van der Waals surface area contributed by atoms with Crippen molar-refractivity contribution in [2.45, 2.75) is 18.3 Å². The second-order valence-corrected chi connectivity index (χ2v) is 1.84. The second kappa shape index (κ2) is 4.16. The molecule has 0 aromatic carbocycles. The number of aliphatic hydroxyl groups excluding tert-OH is 3. The fourth-order valence-electron chi connectivity index (χ4n) is 0.422. The van der Waals surface area contributed by atoms with Gasteiger partial charge in [-0.15, -0.1) is 6.58 Å². The summed E-state index contributed by atoms with van der Waals surface area (Å²) in [6, 6.07) is 0. The van der Waals surface area contributed by atoms with E-state index in [9.17, 15) is 4.79 Å². The first kappa shape index (κ1) is 9.29. The average Bonchev–Trinajstić information content (AvgIpc) is 2.00. The molecule has 0 amide bonds. The van der Waals surface area contributed by atoms with Crippen LogP contribution in [0.1, 0.15) is 0 Å². The topological polar surface area (TPSA) is 77.8 Å². The summed E-state index contributed by atoms with van der Waals surface area (Å²) >= 11 is 0. The monoisotopic (exact) mass is 146 g/mol. The number of hydrogen-bond donors (Lipinski definition) is 3. The van der Waals surface area contributed by atoms with E-state index in [1.807, 2.05) is 0 Å². The molecule has 4 heteroatoms. The van der Waals surface area contributed by atoms with E-state index < -0.39 is 18.3 Å². The van der Waals surface area contributed by atoms with E-state index in [-0.39, 0.29) is 6.29 Å². The highest BCUT2D eigenvalue weighted by Gasteiger charge is 2.20. The SMILES string of the molecule is C=CC(O)C(O)C(O)C=O. The fraction of sp³-hybridized carbons (Fsp3) is 0.500. The van der Waals surface area contributed by atoms with Gasteiger partial charge < -0.3 is 20.1 Å². The van der Waals surface area contributed by atoms with Crippen LogP contribution in [0.3, 0.4) is 0 Å². The minimum Gasteiger partial charge on any atom is -0.387 e. The van der Waals surface area contributed by atoms with E-state index in [1.54, 1.807) is 0 Å². The van der Waals surface area contributed by atoms with Crippen LogP contribution in [-0.4, -0.2) is 39.9 Å². The lowest BCUT2D eigenvalue weighted by Gasteiger charge is -2.15. The van der Waals surface area contributed by atoms with Gasteiger partial charge in [0.2, 0.25) is 0 Å². The Morgan fingerprint density at radius 2 is 1.70 bits per heavy atom. The minimum atomic E-state index is -1.55. The van der Waals surface area contributed by atoms with Crippen LogP contribution in [0.15, 0.2) is 12.7 Å². The van der Waals surface area contributed by atoms with E-state index in [2.05, 4.69) is 6.58 Å². The summed E-state index contributed by atoms with van der Waals surface area (Å²) in [6.45, 7) is 3.16. The van der Waals surface area contributed by atoms with Gasteiger partial charge in [0.05, 0.1) is 0 Å². The number of aldehydes is 1. The molecule has 0 aromatic heterocycles. The summed E-state index contributed by atoms with van der Waals surface area (Å²) < 4.78 is 0. The smallest absolute Gasteiger partial charge is 0.151 e. The highest BCUT2D eigenvalue weighted by atomic mass is 16.4. The number of rotatable bonds is 4. The highest BCUT2D eigenvalue weighted by Crippen LogP contribution is 1.97. The molecule has 58 valence electrons. The van der Waals surface area contributed by atoms with Crippen LogP contribution in [-0.2, 0) is 4.79 Å². The van der Waals surface area contributed by atoms with Gasteiger partial charge in [0.15, 0.2) is 6.29 Å². The molecular weight excluding hydrogens is 136 g/mol. The third-order valence-electron chi connectivity index (χ3n) is 1.08. The average molecular weight is 146 g/mol. The van der Waals surface area contributed by atoms with Crippen molar-refractivity contribution in [3.05, 3.63) is 12.7 Å². The van der Waals surface area contributed by atoms with Crippen molar-refractivity contribution in [1.82, 2.24) is 0 Å². The van der Waals surface area contributed by atoms with Crippen LogP contribution in [0.25, 0.3) is 0 Å². The molecule has 0 saturated heterocycles. The molecule has 4 nitrogen and oxygen atoms in total. The van der Waals surface area contributed by atoms with Crippen LogP contribution in [0.2, 0.25) is 0 Å². The molecule has 3 N–H and O–H groups in total. The molecule has 3 atom stereocenters. The van der Waals surface area contributed by atoms with Gasteiger partial charge in [-0.25, -0.2) is 0 Å². The zero-order valence-corrected chi connectivity index (χ0v) is 5.34. The van der Waals surface area contributed by atoms with Crippen molar-refractivity contribution in [3.8, 4) is 0 Å². The fourth-order valence-corrected chi connectivity index (χ4v) is 0.422. The zero-order chi connectivity index (χ0) is 8.15. The maximum Gasteiger partial charge on any atom is 0.151 e. The lowest BCUT2D eigenvalue weighted by Crippen LogP contribution is -2.36. The van der Waals surface area contributed by atoms with E-state index in [1.165, 1.54) is 0 Å². The summed E-state index contributed by atoms with van der Waals surface area (Å²) in [5, 5.41) is 26.1. The molecule has 0 bridgehead atoms. The van der Waals surface area contributed by atoms with Gasteiger partial charge in [-0.2, -0.15) is 0 Å². The Morgan fingerprint density at radius 3 is 2.00 bits per heavy atom. The van der Waals surface area contributed by atoms with Crippen molar-refractivity contribution in [2.24, 2.45) is 0 Å². The highest BCUT2D eigenvalue weighted by molar-refractivity contribution is 5.56. The first-order valence-corrected chi connectivity index (χ1v) is 2.75. The number of carbonyl (C=O) groups is 1. The molecule has 10 heavy (non-hydrogen) atoms. The third kappa shape index (κ3) is 2.26. The van der Waals surface area contributed by atoms with Crippen LogP contribution in [0, 0.1) is 0 Å². The van der Waals surface area contributed by atoms with Gasteiger partial charge in [0.1, 0.15) is 18.3 Å². The van der Waals surface area contributed by atoms with Gasteiger partial charge in [0.25, 0.3) is 0 Å². The van der Waals surface area contributed by atoms with Gasteiger partial charge in [-0.1, -0.05) is 6.08 Å². The normalized spacial score (nSPS) is 19.1. The van der Waals surface area contributed by atoms with Crippen molar-refractivity contribution >= 4 is 6.29 Å². The van der Waals surface area contributed by atoms with Crippen molar-refractivity contribution in [3.63, 3.8) is 0 Å². The maximum atomic E-state index is 9.81. The van der Waals surface area contributed by atoms with Gasteiger partial charge in [0, 0.05) is 0 Å². The standard InChI is InChI=1S/C6H10O4/c1-2-4(8)6(10)5(9)3-7/h2-6,8-10H,1H2. The summed E-state index contributed by atoms with van der Waals surface area (Å²) in [4.78, 5) is 9.81. The number of carbonyl (C=O) groups excluding carboxylic acids is 1. The molecule has 0 aliphatic carbocycles. The first-order valence-electron chi connectivity index (χ1n) is 2.75. The summed E-state index contributed by atoms with van der Waals surface area (Å²) in [7, 11) is 0. The molecule has 0 fully saturated rings. The Labute approximate surface area is 58.4 Å². The number of aliphatic hydroxyl groups is 3. The quantitative estimate of drug-likeness (QED) is 0.331. The van der Waals surface area contributed by atoms with Crippen molar-refractivity contribution < 1.29 is 20.1 Å². The van der Waals surface area contributed by atoms with E-state index in [4.69, 9.17) is 15.3 Å². The lowest BCUT2D eigenvalue weighted by molar-refractivity contribution is -0.124. The Bertz CT molecular complexity index is 109. The lowest BCUT2D eigenvalue weighted by atomic mass is 10.1. The van der Waals surface area contributed by atoms with E-state index in [0.717, 1.165) is 6.08 Å². The Morgan fingerprint density at radius 1 is 1.20 bits per heavy atom. The van der Waals surface area contributed by atoms with Gasteiger partial charge >= 0.3 is 0 Å². The summed E-state index contributed by atoms with van der Waals surface area (Å²) in [6.07, 6.45) is -3.10. The molecular formula is C6H10O4. The van der Waals surface area contributed by atoms with Crippen LogP contribution < -0.4 is 0 Å². The van der Waals surface area contributed by atoms with Crippen molar-refractivity contribution in [1.29, 1.82) is 0 Å². The molecule has 0 aromatic rings. The van der Waals surface area contributed by atoms with Gasteiger partial charge in [-0.05, 0) is 0 Å². The van der Waals surface area contributed by atoms with Gasteiger partial charge in [-0.3, -0.25) is 0 Å². The summed E-state index contributed by atoms with van der Waals surface area (Å²) in [5.74, 6) is 0. The zero-order valence-electron chi connectivity index (χ0n) is 5.34. The maximum absolute atomic E-state index is 9.81. The molecule has 0 radical (unpaired) electrons. The summed E-state index contributed by atoms with van der Waals surface area (Å²) in [5.41, 5.74) is 0. The Balaban J connectivity index is 3.91. The van der Waals surface area contributed by atoms with Crippen LogP contribution >= 0.6 is 0 Å². The minimum absolute atomic E-state index is 0.150. The first-order chi connectivity index (χ1) is 4.63. The molecule has 0 saturated carbocycles. The Kier molecular flexibility index (Phi) is 3.87. The molecule has 3 unspecified atom stereocenters. The molecule has 0 spiro atoms. The molecule has 0 aliphatic heterocycles. The van der Waals surface area contributed by atoms with Crippen LogP contribution in [0.5, 0.6) is 0 Å². The predicted octanol–water partition coefficient (Wildman–Crippen LogP) is -1.55. The molecule has 0 aliphatic rings. The van der Waals surface area contributed by atoms with E-state index in [0.29, 0.717) is 0 Å². The third-order valence-corrected chi connectivity index (χ3v) is 1.08.